The first-order valence-corrected chi connectivity index (χ1v) is 6.95. The Labute approximate surface area is 128 Å². The summed E-state index contributed by atoms with van der Waals surface area (Å²) in [6.45, 7) is 2.18. The van der Waals surface area contributed by atoms with Crippen LogP contribution in [0.3, 0.4) is 0 Å². The monoisotopic (exact) mass is 293 g/mol. The average Bonchev–Trinajstić information content (AvgIpc) is 3.03. The zero-order valence-electron chi connectivity index (χ0n) is 12.1. The lowest BCUT2D eigenvalue weighted by Gasteiger charge is -2.02. The summed E-state index contributed by atoms with van der Waals surface area (Å²) < 4.78 is 5.15. The lowest BCUT2D eigenvalue weighted by Crippen LogP contribution is -2.22. The van der Waals surface area contributed by atoms with Gasteiger partial charge in [0.25, 0.3) is 5.91 Å². The number of aromatic nitrogens is 2. The van der Waals surface area contributed by atoms with E-state index in [1.165, 1.54) is 0 Å². The molecule has 0 aliphatic heterocycles. The smallest absolute Gasteiger partial charge is 0.251 e. The van der Waals surface area contributed by atoms with Crippen molar-refractivity contribution < 1.29 is 9.32 Å². The molecule has 1 amide bonds. The first-order valence-electron chi connectivity index (χ1n) is 6.95. The normalized spacial score (nSPS) is 10.4. The van der Waals surface area contributed by atoms with Crippen molar-refractivity contribution in [3.8, 4) is 11.4 Å². The first kappa shape index (κ1) is 14.0. The third-order valence-electron chi connectivity index (χ3n) is 3.21. The van der Waals surface area contributed by atoms with Crippen molar-refractivity contribution in [3.63, 3.8) is 0 Å². The highest BCUT2D eigenvalue weighted by Crippen LogP contribution is 2.14. The van der Waals surface area contributed by atoms with Crippen molar-refractivity contribution in [2.24, 2.45) is 0 Å². The number of amides is 1. The van der Waals surface area contributed by atoms with Gasteiger partial charge in [-0.15, -0.1) is 0 Å². The minimum atomic E-state index is -0.167. The van der Waals surface area contributed by atoms with E-state index in [1.807, 2.05) is 49.4 Å². The van der Waals surface area contributed by atoms with Crippen LogP contribution in [0.2, 0.25) is 0 Å². The van der Waals surface area contributed by atoms with Crippen LogP contribution >= 0.6 is 0 Å². The van der Waals surface area contributed by atoms with E-state index in [0.29, 0.717) is 17.3 Å². The van der Waals surface area contributed by atoms with E-state index >= 15 is 0 Å². The fourth-order valence-electron chi connectivity index (χ4n) is 1.99. The highest BCUT2D eigenvalue weighted by Gasteiger charge is 2.10. The molecule has 110 valence electrons. The Bertz CT molecular complexity index is 764. The largest absolute Gasteiger partial charge is 0.343 e. The number of hydrogen-bond acceptors (Lipinski definition) is 4. The maximum Gasteiger partial charge on any atom is 0.251 e. The molecule has 3 aromatic rings. The topological polar surface area (TPSA) is 68.0 Å². The molecule has 0 saturated carbocycles. The molecular formula is C17H15N3O2. The van der Waals surface area contributed by atoms with Gasteiger partial charge in [0.1, 0.15) is 0 Å². The van der Waals surface area contributed by atoms with Gasteiger partial charge in [0.05, 0.1) is 6.54 Å². The second-order valence-corrected chi connectivity index (χ2v) is 4.93. The van der Waals surface area contributed by atoms with Gasteiger partial charge in [-0.25, -0.2) is 0 Å². The third-order valence-corrected chi connectivity index (χ3v) is 3.21. The molecule has 2 aromatic carbocycles. The summed E-state index contributed by atoms with van der Waals surface area (Å²) in [7, 11) is 0. The zero-order valence-corrected chi connectivity index (χ0v) is 12.1. The van der Waals surface area contributed by atoms with Crippen LogP contribution in [0, 0.1) is 6.92 Å². The number of carbonyl (C=O) groups is 1. The summed E-state index contributed by atoms with van der Waals surface area (Å²) in [6.07, 6.45) is 0. The molecule has 22 heavy (non-hydrogen) atoms. The quantitative estimate of drug-likeness (QED) is 0.803. The molecule has 3 rings (SSSR count). The van der Waals surface area contributed by atoms with Gasteiger partial charge in [0.15, 0.2) is 0 Å². The van der Waals surface area contributed by atoms with Gasteiger partial charge in [-0.2, -0.15) is 4.98 Å². The number of hydrogen-bond donors (Lipinski definition) is 1. The third kappa shape index (κ3) is 3.20. The summed E-state index contributed by atoms with van der Waals surface area (Å²) in [6, 6.07) is 16.9. The van der Waals surface area contributed by atoms with Crippen molar-refractivity contribution >= 4 is 5.91 Å². The summed E-state index contributed by atoms with van der Waals surface area (Å²) in [5.74, 6) is 0.721. The molecule has 0 aliphatic carbocycles. The Kier molecular flexibility index (Phi) is 3.96. The van der Waals surface area contributed by atoms with E-state index in [4.69, 9.17) is 4.52 Å². The lowest BCUT2D eigenvalue weighted by atomic mass is 10.1. The number of carbonyl (C=O) groups excluding carboxylic acids is 1. The van der Waals surface area contributed by atoms with Crippen LogP contribution in [0.15, 0.2) is 59.1 Å². The Balaban J connectivity index is 1.64. The summed E-state index contributed by atoms with van der Waals surface area (Å²) in [5.41, 5.74) is 2.59. The molecule has 1 N–H and O–H groups in total. The van der Waals surface area contributed by atoms with Gasteiger partial charge in [0, 0.05) is 11.1 Å². The molecule has 0 aliphatic rings. The van der Waals surface area contributed by atoms with Crippen molar-refractivity contribution in [1.29, 1.82) is 0 Å². The molecule has 0 fully saturated rings. The van der Waals surface area contributed by atoms with Gasteiger partial charge in [-0.05, 0) is 19.1 Å². The molecule has 0 unspecified atom stereocenters. The summed E-state index contributed by atoms with van der Waals surface area (Å²) in [4.78, 5) is 16.3. The molecule has 0 atom stereocenters. The van der Waals surface area contributed by atoms with Gasteiger partial charge >= 0.3 is 0 Å². The summed E-state index contributed by atoms with van der Waals surface area (Å²) in [5, 5.41) is 6.68. The van der Waals surface area contributed by atoms with Crippen molar-refractivity contribution in [1.82, 2.24) is 15.5 Å². The molecule has 0 spiro atoms. The molecule has 0 saturated heterocycles. The van der Waals surface area contributed by atoms with Crippen LogP contribution in [0.4, 0.5) is 0 Å². The number of aryl methyl sites for hydroxylation is 1. The Hall–Kier alpha value is -2.95. The fourth-order valence-corrected chi connectivity index (χ4v) is 1.99. The SMILES string of the molecule is Cc1ccc(C(=O)NCc2nc(-c3ccccc3)no2)cc1. The van der Waals surface area contributed by atoms with Crippen LogP contribution in [-0.2, 0) is 6.54 Å². The number of nitrogens with one attached hydrogen (secondary N) is 1. The van der Waals surface area contributed by atoms with Crippen molar-refractivity contribution in [2.75, 3.05) is 0 Å². The molecule has 1 heterocycles. The van der Waals surface area contributed by atoms with Crippen molar-refractivity contribution in [3.05, 3.63) is 71.6 Å². The second kappa shape index (κ2) is 6.22. The minimum Gasteiger partial charge on any atom is -0.343 e. The molecule has 1 aromatic heterocycles. The highest BCUT2D eigenvalue weighted by molar-refractivity contribution is 5.94. The van der Waals surface area contributed by atoms with E-state index in [2.05, 4.69) is 15.5 Å². The summed E-state index contributed by atoms with van der Waals surface area (Å²) >= 11 is 0. The molecule has 0 bridgehead atoms. The zero-order chi connectivity index (χ0) is 15.4. The van der Waals surface area contributed by atoms with Gasteiger partial charge in [0.2, 0.25) is 11.7 Å². The van der Waals surface area contributed by atoms with E-state index < -0.39 is 0 Å². The molecule has 5 heteroatoms. The Morgan fingerprint density at radius 3 is 2.55 bits per heavy atom. The van der Waals surface area contributed by atoms with E-state index in [-0.39, 0.29) is 12.5 Å². The Morgan fingerprint density at radius 2 is 1.82 bits per heavy atom. The maximum absolute atomic E-state index is 12.0. The minimum absolute atomic E-state index is 0.167. The average molecular weight is 293 g/mol. The van der Waals surface area contributed by atoms with E-state index in [0.717, 1.165) is 11.1 Å². The van der Waals surface area contributed by atoms with Crippen LogP contribution in [0.25, 0.3) is 11.4 Å². The van der Waals surface area contributed by atoms with Crippen LogP contribution in [0.5, 0.6) is 0 Å². The first-order chi connectivity index (χ1) is 10.7. The number of nitrogens with zero attached hydrogens (tertiary/aromatic N) is 2. The predicted molar refractivity (Wildman–Crippen MR) is 82.1 cm³/mol. The van der Waals surface area contributed by atoms with Gasteiger partial charge in [-0.1, -0.05) is 53.2 Å². The van der Waals surface area contributed by atoms with Gasteiger partial charge in [-0.3, -0.25) is 4.79 Å². The van der Waals surface area contributed by atoms with E-state index in [9.17, 15) is 4.79 Å². The second-order valence-electron chi connectivity index (χ2n) is 4.93. The lowest BCUT2D eigenvalue weighted by molar-refractivity contribution is 0.0946. The van der Waals surface area contributed by atoms with E-state index in [1.54, 1.807) is 12.1 Å². The van der Waals surface area contributed by atoms with Crippen LogP contribution < -0.4 is 5.32 Å². The fraction of sp³-hybridized carbons (Fsp3) is 0.118. The highest BCUT2D eigenvalue weighted by atomic mass is 16.5. The van der Waals surface area contributed by atoms with Crippen molar-refractivity contribution in [2.45, 2.75) is 13.5 Å². The molecule has 5 nitrogen and oxygen atoms in total. The molecule has 0 radical (unpaired) electrons. The standard InChI is InChI=1S/C17H15N3O2/c1-12-7-9-14(10-8-12)17(21)18-11-15-19-16(20-22-15)13-5-3-2-4-6-13/h2-10H,11H2,1H3,(H,18,21). The molecular weight excluding hydrogens is 278 g/mol. The number of benzene rings is 2. The van der Waals surface area contributed by atoms with Gasteiger partial charge < -0.3 is 9.84 Å². The van der Waals surface area contributed by atoms with Crippen LogP contribution in [0.1, 0.15) is 21.8 Å². The predicted octanol–water partition coefficient (Wildman–Crippen LogP) is 2.98. The van der Waals surface area contributed by atoms with Crippen LogP contribution in [-0.4, -0.2) is 16.0 Å². The maximum atomic E-state index is 12.0. The number of rotatable bonds is 4. The Morgan fingerprint density at radius 1 is 1.09 bits per heavy atom.